The molecule has 0 aromatic carbocycles. The van der Waals surface area contributed by atoms with Crippen LogP contribution >= 0.6 is 0 Å². The van der Waals surface area contributed by atoms with E-state index in [0.29, 0.717) is 0 Å². The Labute approximate surface area is 94.8 Å². The van der Waals surface area contributed by atoms with Crippen molar-refractivity contribution in [3.8, 4) is 0 Å². The van der Waals surface area contributed by atoms with Crippen LogP contribution in [0.3, 0.4) is 0 Å². The van der Waals surface area contributed by atoms with Gasteiger partial charge < -0.3 is 0 Å². The summed E-state index contributed by atoms with van der Waals surface area (Å²) in [7, 11) is 0. The highest BCUT2D eigenvalue weighted by Gasteiger charge is 2.79. The van der Waals surface area contributed by atoms with Crippen LogP contribution in [0.2, 0.25) is 0 Å². The molecule has 0 N–H and O–H groups in total. The molecule has 0 amide bonds. The van der Waals surface area contributed by atoms with Crippen molar-refractivity contribution in [3.63, 3.8) is 0 Å². The summed E-state index contributed by atoms with van der Waals surface area (Å²) in [5, 5.41) is 0. The van der Waals surface area contributed by atoms with Gasteiger partial charge in [-0.15, -0.1) is 0 Å². The number of hydrogen-bond acceptors (Lipinski definition) is 0. The number of hydrogen-bond donors (Lipinski definition) is 0. The Morgan fingerprint density at radius 1 is 1.07 bits per heavy atom. The summed E-state index contributed by atoms with van der Waals surface area (Å²) in [4.78, 5) is 0. The first-order valence-electron chi connectivity index (χ1n) is 7.06. The Morgan fingerprint density at radius 2 is 1.67 bits per heavy atom. The van der Waals surface area contributed by atoms with Gasteiger partial charge >= 0.3 is 0 Å². The van der Waals surface area contributed by atoms with Gasteiger partial charge in [0, 0.05) is 0 Å². The lowest BCUT2D eigenvalue weighted by atomic mass is 9.49. The van der Waals surface area contributed by atoms with Crippen LogP contribution in [-0.2, 0) is 0 Å². The number of fused-ring (bicyclic) bond motifs is 2. The zero-order valence-corrected chi connectivity index (χ0v) is 10.8. The first kappa shape index (κ1) is 10.2. The first-order valence-corrected chi connectivity index (χ1v) is 7.06. The van der Waals surface area contributed by atoms with Crippen molar-refractivity contribution >= 4 is 0 Å². The van der Waals surface area contributed by atoms with E-state index in [1.165, 1.54) is 12.8 Å². The van der Waals surface area contributed by atoms with E-state index in [0.717, 1.165) is 34.5 Å². The average molecular weight is 206 g/mol. The molecular weight excluding hydrogens is 180 g/mol. The van der Waals surface area contributed by atoms with Crippen LogP contribution in [0.1, 0.15) is 59.8 Å². The maximum atomic E-state index is 2.58. The van der Waals surface area contributed by atoms with Gasteiger partial charge in [0.05, 0.1) is 0 Å². The van der Waals surface area contributed by atoms with Crippen LogP contribution in [0.15, 0.2) is 0 Å². The quantitative estimate of drug-likeness (QED) is 0.624. The second-order valence-electron chi connectivity index (χ2n) is 7.06. The van der Waals surface area contributed by atoms with Gasteiger partial charge in [-0.25, -0.2) is 0 Å². The third-order valence-corrected chi connectivity index (χ3v) is 6.79. The zero-order chi connectivity index (χ0) is 10.8. The molecule has 0 heterocycles. The maximum Gasteiger partial charge on any atom is -0.0201 e. The molecule has 3 aliphatic carbocycles. The van der Waals surface area contributed by atoms with Crippen molar-refractivity contribution in [1.82, 2.24) is 0 Å². The lowest BCUT2D eigenvalue weighted by molar-refractivity contribution is -0.0752. The summed E-state index contributed by atoms with van der Waals surface area (Å²) in [6.07, 6.45) is 7.74. The molecule has 0 nitrogen and oxygen atoms in total. The van der Waals surface area contributed by atoms with E-state index in [1.807, 2.05) is 0 Å². The molecular formula is C15H26. The second kappa shape index (κ2) is 2.81. The van der Waals surface area contributed by atoms with Crippen LogP contribution in [0, 0.1) is 34.5 Å². The molecule has 15 heavy (non-hydrogen) atoms. The summed E-state index contributed by atoms with van der Waals surface area (Å²) in [6, 6.07) is 0. The van der Waals surface area contributed by atoms with Crippen molar-refractivity contribution in [2.45, 2.75) is 59.8 Å². The lowest BCUT2D eigenvalue weighted by Crippen LogP contribution is -2.50. The fourth-order valence-corrected chi connectivity index (χ4v) is 5.59. The standard InChI is InChI=1S/C15H26/c1-10(2)11(3)15-9-13(15)14(12(15)4)7-5-6-8-14/h10-13H,5-9H2,1-4H3. The van der Waals surface area contributed by atoms with E-state index in [4.69, 9.17) is 0 Å². The van der Waals surface area contributed by atoms with E-state index in [-0.39, 0.29) is 0 Å². The van der Waals surface area contributed by atoms with Crippen molar-refractivity contribution in [3.05, 3.63) is 0 Å². The van der Waals surface area contributed by atoms with Gasteiger partial charge in [-0.3, -0.25) is 0 Å². The smallest absolute Gasteiger partial charge is 0.0201 e. The molecule has 0 bridgehead atoms. The van der Waals surface area contributed by atoms with E-state index in [9.17, 15) is 0 Å². The second-order valence-corrected chi connectivity index (χ2v) is 7.06. The molecule has 4 atom stereocenters. The van der Waals surface area contributed by atoms with Crippen LogP contribution < -0.4 is 0 Å². The summed E-state index contributed by atoms with van der Waals surface area (Å²) in [5.74, 6) is 4.02. The first-order chi connectivity index (χ1) is 7.06. The van der Waals surface area contributed by atoms with Gasteiger partial charge in [-0.2, -0.15) is 0 Å². The minimum Gasteiger partial charge on any atom is -0.0625 e. The Balaban J connectivity index is 1.80. The Kier molecular flexibility index (Phi) is 1.91. The monoisotopic (exact) mass is 206 g/mol. The highest BCUT2D eigenvalue weighted by atomic mass is 14.8. The highest BCUT2D eigenvalue weighted by molar-refractivity contribution is 5.27. The molecule has 0 aromatic heterocycles. The zero-order valence-electron chi connectivity index (χ0n) is 10.8. The maximum absolute atomic E-state index is 2.58. The van der Waals surface area contributed by atoms with Crippen molar-refractivity contribution in [2.75, 3.05) is 0 Å². The van der Waals surface area contributed by atoms with Gasteiger partial charge in [0.1, 0.15) is 0 Å². The van der Waals surface area contributed by atoms with Crippen molar-refractivity contribution < 1.29 is 0 Å². The number of rotatable bonds is 2. The molecule has 1 spiro atoms. The molecule has 0 saturated heterocycles. The Bertz CT molecular complexity index is 272. The molecule has 0 aromatic rings. The van der Waals surface area contributed by atoms with Crippen LogP contribution in [-0.4, -0.2) is 0 Å². The molecule has 0 aliphatic heterocycles. The summed E-state index contributed by atoms with van der Waals surface area (Å²) in [6.45, 7) is 9.93. The van der Waals surface area contributed by atoms with E-state index < -0.39 is 0 Å². The van der Waals surface area contributed by atoms with Gasteiger partial charge in [-0.1, -0.05) is 40.5 Å². The summed E-state index contributed by atoms with van der Waals surface area (Å²) >= 11 is 0. The fraction of sp³-hybridized carbons (Fsp3) is 1.00. The molecule has 86 valence electrons. The third kappa shape index (κ3) is 0.953. The third-order valence-electron chi connectivity index (χ3n) is 6.79. The normalized spacial score (nSPS) is 47.8. The largest absolute Gasteiger partial charge is 0.0625 e. The Morgan fingerprint density at radius 3 is 2.13 bits per heavy atom. The summed E-state index contributed by atoms with van der Waals surface area (Å²) < 4.78 is 0. The van der Waals surface area contributed by atoms with Crippen LogP contribution in [0.4, 0.5) is 0 Å². The van der Waals surface area contributed by atoms with Crippen molar-refractivity contribution in [2.24, 2.45) is 34.5 Å². The minimum atomic E-state index is 0.804. The molecule has 3 aliphatic rings. The van der Waals surface area contributed by atoms with Crippen LogP contribution in [0.5, 0.6) is 0 Å². The van der Waals surface area contributed by atoms with E-state index >= 15 is 0 Å². The van der Waals surface area contributed by atoms with E-state index in [1.54, 1.807) is 19.3 Å². The van der Waals surface area contributed by atoms with Crippen molar-refractivity contribution in [1.29, 1.82) is 0 Å². The molecule has 4 unspecified atom stereocenters. The molecule has 0 heteroatoms. The predicted molar refractivity (Wildman–Crippen MR) is 64.6 cm³/mol. The summed E-state index contributed by atoms with van der Waals surface area (Å²) in [5.41, 5.74) is 1.64. The van der Waals surface area contributed by atoms with Gasteiger partial charge in [0.25, 0.3) is 0 Å². The van der Waals surface area contributed by atoms with Gasteiger partial charge in [0.2, 0.25) is 0 Å². The predicted octanol–water partition coefficient (Wildman–Crippen LogP) is 4.49. The molecule has 3 fully saturated rings. The van der Waals surface area contributed by atoms with E-state index in [2.05, 4.69) is 27.7 Å². The minimum absolute atomic E-state index is 0.804. The Hall–Kier alpha value is 0. The molecule has 3 rings (SSSR count). The average Bonchev–Trinajstić information content (AvgIpc) is 2.69. The lowest BCUT2D eigenvalue weighted by Gasteiger charge is -2.55. The molecule has 3 saturated carbocycles. The fourth-order valence-electron chi connectivity index (χ4n) is 5.59. The highest BCUT2D eigenvalue weighted by Crippen LogP contribution is 2.86. The van der Waals surface area contributed by atoms with Crippen LogP contribution in [0.25, 0.3) is 0 Å². The topological polar surface area (TPSA) is 0 Å². The van der Waals surface area contributed by atoms with Gasteiger partial charge in [0.15, 0.2) is 0 Å². The SMILES string of the molecule is CC(C)C(C)C12CC1C1(CCCC1)C2C. The molecule has 0 radical (unpaired) electrons. The van der Waals surface area contributed by atoms with Gasteiger partial charge in [-0.05, 0) is 53.8 Å².